The molecule has 1 saturated carbocycles. The highest BCUT2D eigenvalue weighted by molar-refractivity contribution is 7.99. The lowest BCUT2D eigenvalue weighted by molar-refractivity contribution is 0.380. The predicted octanol–water partition coefficient (Wildman–Crippen LogP) is 3.30. The van der Waals surface area contributed by atoms with E-state index in [0.29, 0.717) is 0 Å². The van der Waals surface area contributed by atoms with Crippen LogP contribution in [0.25, 0.3) is 0 Å². The number of rotatable bonds is 5. The molecule has 0 amide bonds. The van der Waals surface area contributed by atoms with Crippen LogP contribution >= 0.6 is 23.1 Å². The maximum absolute atomic E-state index is 4.10. The molecule has 4 heteroatoms. The Morgan fingerprint density at radius 3 is 3.25 bits per heavy atom. The van der Waals surface area contributed by atoms with Crippen LogP contribution in [0.3, 0.4) is 0 Å². The molecule has 2 rings (SSSR count). The lowest BCUT2D eigenvalue weighted by Crippen LogP contribution is -2.34. The van der Waals surface area contributed by atoms with Gasteiger partial charge in [-0.1, -0.05) is 13.3 Å². The van der Waals surface area contributed by atoms with Crippen molar-refractivity contribution in [2.45, 2.75) is 50.4 Å². The van der Waals surface area contributed by atoms with Gasteiger partial charge in [-0.3, -0.25) is 4.98 Å². The number of aromatic nitrogens is 1. The van der Waals surface area contributed by atoms with Crippen molar-refractivity contribution in [3.05, 3.63) is 16.6 Å². The van der Waals surface area contributed by atoms with Crippen LogP contribution in [0.4, 0.5) is 0 Å². The third kappa shape index (κ3) is 3.75. The summed E-state index contributed by atoms with van der Waals surface area (Å²) in [6, 6.07) is 0.722. The molecule has 2 atom stereocenters. The molecule has 1 aromatic rings. The molecule has 0 saturated heterocycles. The van der Waals surface area contributed by atoms with E-state index >= 15 is 0 Å². The Morgan fingerprint density at radius 1 is 1.56 bits per heavy atom. The van der Waals surface area contributed by atoms with Gasteiger partial charge in [-0.2, -0.15) is 11.8 Å². The fourth-order valence-corrected chi connectivity index (χ4v) is 4.01. The van der Waals surface area contributed by atoms with Crippen LogP contribution in [-0.2, 0) is 6.54 Å². The Morgan fingerprint density at radius 2 is 2.50 bits per heavy atom. The summed E-state index contributed by atoms with van der Waals surface area (Å²) >= 11 is 3.87. The quantitative estimate of drug-likeness (QED) is 0.875. The smallest absolute Gasteiger partial charge is 0.0794 e. The third-order valence-electron chi connectivity index (χ3n) is 3.08. The second-order valence-corrected chi connectivity index (χ2v) is 6.84. The summed E-state index contributed by atoms with van der Waals surface area (Å²) in [4.78, 5) is 5.46. The van der Waals surface area contributed by atoms with Gasteiger partial charge in [-0.05, 0) is 25.0 Å². The zero-order valence-electron chi connectivity index (χ0n) is 9.82. The van der Waals surface area contributed by atoms with E-state index in [1.165, 1.54) is 36.3 Å². The van der Waals surface area contributed by atoms with E-state index < -0.39 is 0 Å². The molecule has 2 unspecified atom stereocenters. The summed E-state index contributed by atoms with van der Waals surface area (Å²) in [7, 11) is 0. The monoisotopic (exact) mass is 256 g/mol. The molecule has 0 aliphatic heterocycles. The number of nitrogens with zero attached hydrogens (tertiary/aromatic N) is 1. The fourth-order valence-electron chi connectivity index (χ4n) is 2.29. The first-order valence-corrected chi connectivity index (χ1v) is 8.03. The normalized spacial score (nSPS) is 25.8. The van der Waals surface area contributed by atoms with Crippen molar-refractivity contribution >= 4 is 23.1 Å². The van der Waals surface area contributed by atoms with E-state index in [1.807, 2.05) is 11.7 Å². The summed E-state index contributed by atoms with van der Waals surface area (Å²) in [5, 5.41) is 4.56. The molecular weight excluding hydrogens is 236 g/mol. The number of hydrogen-bond donors (Lipinski definition) is 1. The van der Waals surface area contributed by atoms with Crippen LogP contribution in [0.1, 0.15) is 37.5 Å². The number of thiazole rings is 1. The maximum Gasteiger partial charge on any atom is 0.0794 e. The van der Waals surface area contributed by atoms with E-state index in [-0.39, 0.29) is 0 Å². The summed E-state index contributed by atoms with van der Waals surface area (Å²) < 4.78 is 0. The summed E-state index contributed by atoms with van der Waals surface area (Å²) in [5.74, 6) is 1.26. The lowest BCUT2D eigenvalue weighted by Gasteiger charge is -2.29. The van der Waals surface area contributed by atoms with Crippen LogP contribution in [0.2, 0.25) is 0 Å². The second kappa shape index (κ2) is 6.62. The van der Waals surface area contributed by atoms with Crippen LogP contribution in [0.5, 0.6) is 0 Å². The zero-order valence-corrected chi connectivity index (χ0v) is 11.4. The minimum atomic E-state index is 0.722. The van der Waals surface area contributed by atoms with Gasteiger partial charge in [0, 0.05) is 28.9 Å². The van der Waals surface area contributed by atoms with Gasteiger partial charge in [0.1, 0.15) is 0 Å². The molecule has 0 bridgehead atoms. The molecule has 90 valence electrons. The summed E-state index contributed by atoms with van der Waals surface area (Å²) in [6.45, 7) is 3.26. The molecule has 1 N–H and O–H groups in total. The first kappa shape index (κ1) is 12.4. The van der Waals surface area contributed by atoms with Gasteiger partial charge in [-0.25, -0.2) is 0 Å². The number of thioether (sulfide) groups is 1. The van der Waals surface area contributed by atoms with E-state index in [2.05, 4.69) is 29.0 Å². The van der Waals surface area contributed by atoms with Crippen molar-refractivity contribution < 1.29 is 0 Å². The number of hydrogen-bond acceptors (Lipinski definition) is 4. The van der Waals surface area contributed by atoms with Gasteiger partial charge in [0.25, 0.3) is 0 Å². The predicted molar refractivity (Wildman–Crippen MR) is 73.1 cm³/mol. The molecule has 0 radical (unpaired) electrons. The van der Waals surface area contributed by atoms with Crippen molar-refractivity contribution in [1.29, 1.82) is 0 Å². The SMILES string of the molecule is CCSC1CCCC(NCc2cncs2)C1. The van der Waals surface area contributed by atoms with Gasteiger partial charge >= 0.3 is 0 Å². The Balaban J connectivity index is 1.72. The largest absolute Gasteiger partial charge is 0.309 e. The van der Waals surface area contributed by atoms with Crippen molar-refractivity contribution in [3.8, 4) is 0 Å². The Labute approximate surface area is 106 Å². The van der Waals surface area contributed by atoms with Crippen molar-refractivity contribution in [3.63, 3.8) is 0 Å². The van der Waals surface area contributed by atoms with Crippen molar-refractivity contribution in [2.24, 2.45) is 0 Å². The Bertz CT molecular complexity index is 285. The van der Waals surface area contributed by atoms with Gasteiger partial charge in [0.05, 0.1) is 5.51 Å². The van der Waals surface area contributed by atoms with Gasteiger partial charge < -0.3 is 5.32 Å². The topological polar surface area (TPSA) is 24.9 Å². The Hall–Kier alpha value is -0.0600. The third-order valence-corrected chi connectivity index (χ3v) is 5.09. The second-order valence-electron chi connectivity index (χ2n) is 4.29. The molecule has 0 spiro atoms. The van der Waals surface area contributed by atoms with Gasteiger partial charge in [-0.15, -0.1) is 11.3 Å². The summed E-state index contributed by atoms with van der Waals surface area (Å²) in [6.07, 6.45) is 7.46. The average Bonchev–Trinajstić information content (AvgIpc) is 2.80. The molecule has 16 heavy (non-hydrogen) atoms. The summed E-state index contributed by atoms with van der Waals surface area (Å²) in [5.41, 5.74) is 1.91. The maximum atomic E-state index is 4.10. The van der Waals surface area contributed by atoms with E-state index in [9.17, 15) is 0 Å². The fraction of sp³-hybridized carbons (Fsp3) is 0.750. The van der Waals surface area contributed by atoms with Crippen molar-refractivity contribution in [2.75, 3.05) is 5.75 Å². The Kier molecular flexibility index (Phi) is 5.13. The molecule has 1 aliphatic carbocycles. The zero-order chi connectivity index (χ0) is 11.2. The van der Waals surface area contributed by atoms with E-state index in [0.717, 1.165) is 17.8 Å². The van der Waals surface area contributed by atoms with Crippen LogP contribution in [0, 0.1) is 0 Å². The molecule has 2 nitrogen and oxygen atoms in total. The standard InChI is InChI=1S/C12H20N2S2/c1-2-15-11-5-3-4-10(6-11)14-8-12-7-13-9-16-12/h7,9-11,14H,2-6,8H2,1H3. The highest BCUT2D eigenvalue weighted by Gasteiger charge is 2.21. The molecule has 1 aliphatic rings. The molecule has 1 fully saturated rings. The molecular formula is C12H20N2S2. The first-order valence-electron chi connectivity index (χ1n) is 6.11. The van der Waals surface area contributed by atoms with Gasteiger partial charge in [0.15, 0.2) is 0 Å². The molecule has 0 aromatic carbocycles. The highest BCUT2D eigenvalue weighted by Crippen LogP contribution is 2.28. The van der Waals surface area contributed by atoms with E-state index in [1.54, 1.807) is 11.3 Å². The first-order chi connectivity index (χ1) is 7.88. The van der Waals surface area contributed by atoms with Crippen LogP contribution < -0.4 is 5.32 Å². The van der Waals surface area contributed by atoms with Crippen molar-refractivity contribution in [1.82, 2.24) is 10.3 Å². The minimum Gasteiger partial charge on any atom is -0.309 e. The molecule has 1 aromatic heterocycles. The van der Waals surface area contributed by atoms with Crippen LogP contribution in [0.15, 0.2) is 11.7 Å². The van der Waals surface area contributed by atoms with Crippen LogP contribution in [-0.4, -0.2) is 22.0 Å². The highest BCUT2D eigenvalue weighted by atomic mass is 32.2. The molecule has 1 heterocycles. The van der Waals surface area contributed by atoms with Gasteiger partial charge in [0.2, 0.25) is 0 Å². The lowest BCUT2D eigenvalue weighted by atomic mass is 9.95. The van der Waals surface area contributed by atoms with E-state index in [4.69, 9.17) is 0 Å². The minimum absolute atomic E-state index is 0.722. The number of nitrogens with one attached hydrogen (secondary N) is 1. The average molecular weight is 256 g/mol.